The molecule has 6 nitrogen and oxygen atoms in total. The second-order valence-electron chi connectivity index (χ2n) is 5.26. The van der Waals surface area contributed by atoms with Gasteiger partial charge in [-0.1, -0.05) is 26.0 Å². The molecule has 1 unspecified atom stereocenters. The minimum Gasteiger partial charge on any atom is -0.480 e. The van der Waals surface area contributed by atoms with Crippen LogP contribution >= 0.6 is 0 Å². The van der Waals surface area contributed by atoms with Crippen molar-refractivity contribution in [2.75, 3.05) is 6.26 Å². The van der Waals surface area contributed by atoms with Gasteiger partial charge in [-0.05, 0) is 24.5 Å². The van der Waals surface area contributed by atoms with Crippen molar-refractivity contribution in [2.45, 2.75) is 31.2 Å². The maximum Gasteiger partial charge on any atom is 0.326 e. The fourth-order valence-corrected chi connectivity index (χ4v) is 2.79. The smallest absolute Gasteiger partial charge is 0.326 e. The largest absolute Gasteiger partial charge is 0.480 e. The average molecular weight is 313 g/mol. The molecule has 0 saturated carbocycles. The van der Waals surface area contributed by atoms with Gasteiger partial charge in [-0.15, -0.1) is 0 Å². The highest BCUT2D eigenvalue weighted by Crippen LogP contribution is 2.16. The third kappa shape index (κ3) is 4.86. The molecule has 7 heteroatoms. The molecule has 0 aliphatic heterocycles. The number of sulfone groups is 1. The Balaban J connectivity index is 3.07. The zero-order chi connectivity index (χ0) is 16.2. The first-order valence-corrected chi connectivity index (χ1v) is 8.34. The summed E-state index contributed by atoms with van der Waals surface area (Å²) in [6, 6.07) is 4.67. The summed E-state index contributed by atoms with van der Waals surface area (Å²) in [4.78, 5) is 23.2. The van der Waals surface area contributed by atoms with Crippen molar-refractivity contribution in [3.05, 3.63) is 29.8 Å². The number of benzene rings is 1. The number of carboxylic acid groups (broad SMARTS) is 1. The number of hydrogen-bond donors (Lipinski definition) is 2. The lowest BCUT2D eigenvalue weighted by molar-refractivity contribution is -0.139. The number of aliphatic carboxylic acids is 1. The van der Waals surface area contributed by atoms with Crippen LogP contribution in [0.3, 0.4) is 0 Å². The second-order valence-corrected chi connectivity index (χ2v) is 7.25. The van der Waals surface area contributed by atoms with E-state index in [2.05, 4.69) is 5.32 Å². The van der Waals surface area contributed by atoms with E-state index in [1.54, 1.807) is 0 Å². The molecule has 0 bridgehead atoms. The van der Waals surface area contributed by atoms with Crippen LogP contribution in [0.1, 0.15) is 30.6 Å². The highest BCUT2D eigenvalue weighted by Gasteiger charge is 2.24. The minimum atomic E-state index is -3.57. The van der Waals surface area contributed by atoms with E-state index < -0.39 is 27.8 Å². The van der Waals surface area contributed by atoms with Gasteiger partial charge in [-0.3, -0.25) is 4.79 Å². The molecular weight excluding hydrogens is 294 g/mol. The van der Waals surface area contributed by atoms with E-state index in [4.69, 9.17) is 5.11 Å². The van der Waals surface area contributed by atoms with Crippen molar-refractivity contribution in [1.82, 2.24) is 5.32 Å². The summed E-state index contributed by atoms with van der Waals surface area (Å²) >= 11 is 0. The van der Waals surface area contributed by atoms with Gasteiger partial charge in [0.05, 0.1) is 10.5 Å². The lowest BCUT2D eigenvalue weighted by Gasteiger charge is -2.17. The number of rotatable bonds is 6. The van der Waals surface area contributed by atoms with Crippen molar-refractivity contribution < 1.29 is 23.1 Å². The van der Waals surface area contributed by atoms with Crippen LogP contribution in [0, 0.1) is 5.92 Å². The topological polar surface area (TPSA) is 101 Å². The van der Waals surface area contributed by atoms with Crippen LogP contribution in [0.2, 0.25) is 0 Å². The Kier molecular flexibility index (Phi) is 5.48. The van der Waals surface area contributed by atoms with Crippen LogP contribution in [-0.2, 0) is 14.6 Å². The van der Waals surface area contributed by atoms with Gasteiger partial charge < -0.3 is 10.4 Å². The Labute approximate surface area is 124 Å². The van der Waals surface area contributed by atoms with E-state index in [0.29, 0.717) is 0 Å². The first-order valence-electron chi connectivity index (χ1n) is 6.45. The van der Waals surface area contributed by atoms with Gasteiger partial charge >= 0.3 is 5.97 Å². The molecular formula is C14H19NO5S. The number of nitrogens with one attached hydrogen (secondary N) is 1. The first-order chi connectivity index (χ1) is 9.62. The Morgan fingerprint density at radius 1 is 1.24 bits per heavy atom. The third-order valence-electron chi connectivity index (χ3n) is 2.84. The van der Waals surface area contributed by atoms with Gasteiger partial charge in [-0.2, -0.15) is 0 Å². The molecule has 2 N–H and O–H groups in total. The van der Waals surface area contributed by atoms with Crippen molar-refractivity contribution in [3.63, 3.8) is 0 Å². The normalized spacial score (nSPS) is 13.0. The SMILES string of the molecule is CC(C)CC(NC(=O)c1ccccc1S(C)(=O)=O)C(=O)O. The van der Waals surface area contributed by atoms with Gasteiger partial charge in [0.2, 0.25) is 0 Å². The molecule has 1 atom stereocenters. The summed E-state index contributed by atoms with van der Waals surface area (Å²) < 4.78 is 23.3. The maximum absolute atomic E-state index is 12.2. The molecule has 0 radical (unpaired) electrons. The maximum atomic E-state index is 12.2. The molecule has 0 aliphatic carbocycles. The van der Waals surface area contributed by atoms with Gasteiger partial charge in [-0.25, -0.2) is 13.2 Å². The molecule has 1 rings (SSSR count). The van der Waals surface area contributed by atoms with E-state index >= 15 is 0 Å². The molecule has 0 saturated heterocycles. The number of hydrogen-bond acceptors (Lipinski definition) is 4. The second kappa shape index (κ2) is 6.71. The van der Waals surface area contributed by atoms with Gasteiger partial charge in [0.15, 0.2) is 9.84 Å². The lowest BCUT2D eigenvalue weighted by Crippen LogP contribution is -2.42. The predicted octanol–water partition coefficient (Wildman–Crippen LogP) is 1.32. The van der Waals surface area contributed by atoms with E-state index in [-0.39, 0.29) is 22.8 Å². The predicted molar refractivity (Wildman–Crippen MR) is 77.9 cm³/mol. The number of carboxylic acids is 1. The summed E-state index contributed by atoms with van der Waals surface area (Å²) in [6.07, 6.45) is 1.27. The van der Waals surface area contributed by atoms with E-state index in [9.17, 15) is 18.0 Å². The monoisotopic (exact) mass is 313 g/mol. The fourth-order valence-electron chi connectivity index (χ4n) is 1.91. The molecule has 1 amide bonds. The summed E-state index contributed by atoms with van der Waals surface area (Å²) in [5.41, 5.74) is -0.0463. The summed E-state index contributed by atoms with van der Waals surface area (Å²) in [5.74, 6) is -1.77. The van der Waals surface area contributed by atoms with Crippen LogP contribution in [0.25, 0.3) is 0 Å². The standard InChI is InChI=1S/C14H19NO5S/c1-9(2)8-11(14(17)18)15-13(16)10-6-4-5-7-12(10)21(3,19)20/h4-7,9,11H,8H2,1-3H3,(H,15,16)(H,17,18). The summed E-state index contributed by atoms with van der Waals surface area (Å²) in [5, 5.41) is 11.5. The molecule has 0 aliphatic rings. The minimum absolute atomic E-state index is 0.0463. The Morgan fingerprint density at radius 3 is 2.29 bits per heavy atom. The van der Waals surface area contributed by atoms with E-state index in [1.165, 1.54) is 24.3 Å². The zero-order valence-electron chi connectivity index (χ0n) is 12.2. The highest BCUT2D eigenvalue weighted by atomic mass is 32.2. The van der Waals surface area contributed by atoms with Gasteiger partial charge in [0.25, 0.3) is 5.91 Å². The van der Waals surface area contributed by atoms with E-state index in [0.717, 1.165) is 6.26 Å². The molecule has 116 valence electrons. The third-order valence-corrected chi connectivity index (χ3v) is 4.00. The van der Waals surface area contributed by atoms with Gasteiger partial charge in [0, 0.05) is 6.26 Å². The molecule has 0 heterocycles. The number of carbonyl (C=O) groups is 2. The number of amides is 1. The van der Waals surface area contributed by atoms with Crippen LogP contribution in [0.5, 0.6) is 0 Å². The highest BCUT2D eigenvalue weighted by molar-refractivity contribution is 7.90. The van der Waals surface area contributed by atoms with E-state index in [1.807, 2.05) is 13.8 Å². The Hall–Kier alpha value is -1.89. The molecule has 1 aromatic carbocycles. The van der Waals surface area contributed by atoms with Crippen LogP contribution in [0.15, 0.2) is 29.2 Å². The molecule has 0 spiro atoms. The Bertz CT molecular complexity index is 637. The van der Waals surface area contributed by atoms with Crippen LogP contribution < -0.4 is 5.32 Å². The van der Waals surface area contributed by atoms with Crippen molar-refractivity contribution >= 4 is 21.7 Å². The van der Waals surface area contributed by atoms with Crippen LogP contribution in [0.4, 0.5) is 0 Å². The van der Waals surface area contributed by atoms with Crippen molar-refractivity contribution in [3.8, 4) is 0 Å². The lowest BCUT2D eigenvalue weighted by atomic mass is 10.0. The van der Waals surface area contributed by atoms with Crippen LogP contribution in [-0.4, -0.2) is 37.7 Å². The quantitative estimate of drug-likeness (QED) is 0.825. The van der Waals surface area contributed by atoms with Gasteiger partial charge in [0.1, 0.15) is 6.04 Å². The average Bonchev–Trinajstić information content (AvgIpc) is 2.36. The molecule has 21 heavy (non-hydrogen) atoms. The zero-order valence-corrected chi connectivity index (χ0v) is 13.0. The number of carbonyl (C=O) groups excluding carboxylic acids is 1. The van der Waals surface area contributed by atoms with Crippen molar-refractivity contribution in [1.29, 1.82) is 0 Å². The molecule has 0 aromatic heterocycles. The Morgan fingerprint density at radius 2 is 1.81 bits per heavy atom. The summed E-state index contributed by atoms with van der Waals surface area (Å²) in [7, 11) is -3.57. The first kappa shape index (κ1) is 17.2. The molecule has 0 fully saturated rings. The molecule has 1 aromatic rings. The van der Waals surface area contributed by atoms with Crippen molar-refractivity contribution in [2.24, 2.45) is 5.92 Å². The summed E-state index contributed by atoms with van der Waals surface area (Å²) in [6.45, 7) is 3.68. The fraction of sp³-hybridized carbons (Fsp3) is 0.429.